The minimum Gasteiger partial charge on any atom is -0.492 e. The molecule has 1 aromatic heterocycles. The monoisotopic (exact) mass is 225 g/mol. The van der Waals surface area contributed by atoms with E-state index in [-0.39, 0.29) is 4.99 Å². The van der Waals surface area contributed by atoms with E-state index >= 15 is 0 Å². The SMILES string of the molecule is CN(C)CCOc1ccnc(C(N)=S)c1. The number of rotatable bonds is 5. The van der Waals surface area contributed by atoms with Gasteiger partial charge in [0, 0.05) is 18.8 Å². The second-order valence-electron chi connectivity index (χ2n) is 3.39. The lowest BCUT2D eigenvalue weighted by molar-refractivity contribution is 0.261. The highest BCUT2D eigenvalue weighted by Crippen LogP contribution is 2.10. The first-order valence-electron chi connectivity index (χ1n) is 4.63. The fourth-order valence-electron chi connectivity index (χ4n) is 0.982. The van der Waals surface area contributed by atoms with Gasteiger partial charge >= 0.3 is 0 Å². The van der Waals surface area contributed by atoms with Gasteiger partial charge in [-0.1, -0.05) is 12.2 Å². The van der Waals surface area contributed by atoms with Gasteiger partial charge in [0.05, 0.1) is 0 Å². The van der Waals surface area contributed by atoms with Crippen LogP contribution >= 0.6 is 12.2 Å². The third kappa shape index (κ3) is 4.22. The van der Waals surface area contributed by atoms with Crippen LogP contribution < -0.4 is 10.5 Å². The van der Waals surface area contributed by atoms with E-state index in [1.807, 2.05) is 14.1 Å². The first kappa shape index (κ1) is 11.9. The molecule has 1 rings (SSSR count). The molecule has 0 aliphatic heterocycles. The number of hydrogen-bond donors (Lipinski definition) is 1. The molecule has 4 nitrogen and oxygen atoms in total. The Bertz CT molecular complexity index is 341. The standard InChI is InChI=1S/C10H15N3OS/c1-13(2)5-6-14-8-3-4-12-9(7-8)10(11)15/h3-4,7H,5-6H2,1-2H3,(H2,11,15). The topological polar surface area (TPSA) is 51.4 Å². The van der Waals surface area contributed by atoms with Crippen LogP contribution in [0.25, 0.3) is 0 Å². The first-order chi connectivity index (χ1) is 7.09. The normalized spacial score (nSPS) is 10.3. The van der Waals surface area contributed by atoms with E-state index in [0.29, 0.717) is 12.3 Å². The van der Waals surface area contributed by atoms with E-state index in [1.165, 1.54) is 0 Å². The first-order valence-corrected chi connectivity index (χ1v) is 5.04. The molecule has 0 atom stereocenters. The van der Waals surface area contributed by atoms with Crippen LogP contribution in [0.1, 0.15) is 5.69 Å². The van der Waals surface area contributed by atoms with Crippen molar-refractivity contribution in [2.45, 2.75) is 0 Å². The average Bonchev–Trinajstić information content (AvgIpc) is 2.17. The molecule has 1 heterocycles. The maximum atomic E-state index is 5.51. The number of hydrogen-bond acceptors (Lipinski definition) is 4. The van der Waals surface area contributed by atoms with E-state index in [1.54, 1.807) is 18.3 Å². The van der Waals surface area contributed by atoms with Crippen molar-refractivity contribution >= 4 is 17.2 Å². The summed E-state index contributed by atoms with van der Waals surface area (Å²) in [4.78, 5) is 6.36. The van der Waals surface area contributed by atoms with E-state index < -0.39 is 0 Å². The molecule has 0 aromatic carbocycles. The molecule has 2 N–H and O–H groups in total. The van der Waals surface area contributed by atoms with Crippen molar-refractivity contribution in [2.24, 2.45) is 5.73 Å². The third-order valence-corrected chi connectivity index (χ3v) is 2.00. The Morgan fingerprint density at radius 1 is 1.60 bits per heavy atom. The van der Waals surface area contributed by atoms with Gasteiger partial charge in [-0.15, -0.1) is 0 Å². The maximum absolute atomic E-state index is 5.51. The number of ether oxygens (including phenoxy) is 1. The number of thiocarbonyl (C=S) groups is 1. The van der Waals surface area contributed by atoms with Crippen LogP contribution in [0.2, 0.25) is 0 Å². The molecule has 1 aromatic rings. The van der Waals surface area contributed by atoms with Crippen molar-refractivity contribution in [2.75, 3.05) is 27.2 Å². The largest absolute Gasteiger partial charge is 0.492 e. The van der Waals surface area contributed by atoms with E-state index in [9.17, 15) is 0 Å². The zero-order valence-corrected chi connectivity index (χ0v) is 9.75. The predicted molar refractivity (Wildman–Crippen MR) is 64.2 cm³/mol. The molecule has 0 unspecified atom stereocenters. The van der Waals surface area contributed by atoms with E-state index in [2.05, 4.69) is 9.88 Å². The van der Waals surface area contributed by atoms with Gasteiger partial charge in [0.15, 0.2) is 0 Å². The zero-order chi connectivity index (χ0) is 11.3. The summed E-state index contributed by atoms with van der Waals surface area (Å²) in [6.07, 6.45) is 1.64. The van der Waals surface area contributed by atoms with Gasteiger partial charge in [0.2, 0.25) is 0 Å². The lowest BCUT2D eigenvalue weighted by atomic mass is 10.3. The quantitative estimate of drug-likeness (QED) is 0.746. The van der Waals surface area contributed by atoms with Crippen LogP contribution in [0.3, 0.4) is 0 Å². The molecule has 0 radical (unpaired) electrons. The minimum atomic E-state index is 0.285. The number of aromatic nitrogens is 1. The summed E-state index contributed by atoms with van der Waals surface area (Å²) in [6, 6.07) is 3.54. The summed E-state index contributed by atoms with van der Waals surface area (Å²) < 4.78 is 5.51. The summed E-state index contributed by atoms with van der Waals surface area (Å²) in [5.41, 5.74) is 6.05. The molecular formula is C10H15N3OS. The van der Waals surface area contributed by atoms with Crippen molar-refractivity contribution < 1.29 is 4.74 Å². The molecule has 5 heteroatoms. The molecule has 0 aliphatic carbocycles. The molecule has 0 aliphatic rings. The van der Waals surface area contributed by atoms with Crippen LogP contribution in [0.15, 0.2) is 18.3 Å². The van der Waals surface area contributed by atoms with Gasteiger partial charge in [-0.2, -0.15) is 0 Å². The zero-order valence-electron chi connectivity index (χ0n) is 8.93. The van der Waals surface area contributed by atoms with Crippen LogP contribution in [0.5, 0.6) is 5.75 Å². The van der Waals surface area contributed by atoms with Crippen molar-refractivity contribution in [3.63, 3.8) is 0 Å². The Morgan fingerprint density at radius 3 is 2.93 bits per heavy atom. The maximum Gasteiger partial charge on any atom is 0.123 e. The molecule has 15 heavy (non-hydrogen) atoms. The number of likely N-dealkylation sites (N-methyl/N-ethyl adjacent to an activating group) is 1. The molecule has 0 amide bonds. The fourth-order valence-corrected chi connectivity index (χ4v) is 1.09. The molecule has 0 saturated carbocycles. The average molecular weight is 225 g/mol. The van der Waals surface area contributed by atoms with E-state index in [0.717, 1.165) is 12.3 Å². The molecule has 0 spiro atoms. The summed E-state index contributed by atoms with van der Waals surface area (Å²) in [6.45, 7) is 1.50. The molecule has 0 fully saturated rings. The Balaban J connectivity index is 2.54. The van der Waals surface area contributed by atoms with Crippen molar-refractivity contribution in [3.8, 4) is 5.75 Å². The van der Waals surface area contributed by atoms with Crippen molar-refractivity contribution in [3.05, 3.63) is 24.0 Å². The van der Waals surface area contributed by atoms with E-state index in [4.69, 9.17) is 22.7 Å². The summed E-state index contributed by atoms with van der Waals surface area (Å²) in [5.74, 6) is 0.745. The number of pyridine rings is 1. The molecule has 0 saturated heterocycles. The summed E-state index contributed by atoms with van der Waals surface area (Å²) in [7, 11) is 3.99. The highest BCUT2D eigenvalue weighted by atomic mass is 32.1. The summed E-state index contributed by atoms with van der Waals surface area (Å²) >= 11 is 4.83. The highest BCUT2D eigenvalue weighted by molar-refractivity contribution is 7.80. The second-order valence-corrected chi connectivity index (χ2v) is 3.83. The Morgan fingerprint density at radius 2 is 2.33 bits per heavy atom. The van der Waals surface area contributed by atoms with Crippen molar-refractivity contribution in [1.29, 1.82) is 0 Å². The third-order valence-electron chi connectivity index (χ3n) is 1.79. The van der Waals surface area contributed by atoms with Gasteiger partial charge in [-0.3, -0.25) is 4.98 Å². The summed E-state index contributed by atoms with van der Waals surface area (Å²) in [5, 5.41) is 0. The number of nitrogens with two attached hydrogens (primary N) is 1. The molecular weight excluding hydrogens is 210 g/mol. The lowest BCUT2D eigenvalue weighted by Gasteiger charge is -2.11. The fraction of sp³-hybridized carbons (Fsp3) is 0.400. The molecule has 82 valence electrons. The number of nitrogens with zero attached hydrogens (tertiary/aromatic N) is 2. The minimum absolute atomic E-state index is 0.285. The predicted octanol–water partition coefficient (Wildman–Crippen LogP) is 0.656. The van der Waals surface area contributed by atoms with Crippen LogP contribution in [0, 0.1) is 0 Å². The Hall–Kier alpha value is -1.20. The van der Waals surface area contributed by atoms with Gasteiger partial charge in [-0.25, -0.2) is 0 Å². The van der Waals surface area contributed by atoms with Crippen LogP contribution in [-0.2, 0) is 0 Å². The smallest absolute Gasteiger partial charge is 0.123 e. The van der Waals surface area contributed by atoms with Gasteiger partial charge in [-0.05, 0) is 20.2 Å². The van der Waals surface area contributed by atoms with Gasteiger partial charge in [0.1, 0.15) is 23.0 Å². The Kier molecular flexibility index (Phi) is 4.45. The van der Waals surface area contributed by atoms with Crippen molar-refractivity contribution in [1.82, 2.24) is 9.88 Å². The molecule has 0 bridgehead atoms. The van der Waals surface area contributed by atoms with Crippen LogP contribution in [-0.4, -0.2) is 42.1 Å². The second kappa shape index (κ2) is 5.63. The highest BCUT2D eigenvalue weighted by Gasteiger charge is 2.00. The van der Waals surface area contributed by atoms with Crippen LogP contribution in [0.4, 0.5) is 0 Å². The Labute approximate surface area is 95.0 Å². The van der Waals surface area contributed by atoms with Gasteiger partial charge < -0.3 is 15.4 Å². The lowest BCUT2D eigenvalue weighted by Crippen LogP contribution is -2.19. The van der Waals surface area contributed by atoms with Gasteiger partial charge in [0.25, 0.3) is 0 Å².